The molecule has 0 saturated carbocycles. The van der Waals surface area contributed by atoms with E-state index in [9.17, 15) is 18.0 Å². The molecule has 3 nitrogen and oxygen atoms in total. The van der Waals surface area contributed by atoms with Crippen molar-refractivity contribution in [1.29, 1.82) is 0 Å². The van der Waals surface area contributed by atoms with Gasteiger partial charge in [-0.1, -0.05) is 24.3 Å². The summed E-state index contributed by atoms with van der Waals surface area (Å²) in [7, 11) is 0. The van der Waals surface area contributed by atoms with Crippen LogP contribution in [0.4, 0.5) is 13.2 Å². The molecule has 1 unspecified atom stereocenters. The molecular weight excluding hydrogens is 307 g/mol. The minimum Gasteiger partial charge on any atom is -0.434 e. The first-order valence-corrected chi connectivity index (χ1v) is 6.99. The molecule has 0 aliphatic heterocycles. The van der Waals surface area contributed by atoms with Crippen LogP contribution >= 0.6 is 0 Å². The number of para-hydroxylation sites is 1. The zero-order chi connectivity index (χ0) is 17.0. The third kappa shape index (κ3) is 4.25. The molecule has 0 radical (unpaired) electrons. The Labute approximate surface area is 132 Å². The number of aryl methyl sites for hydroxylation is 1. The molecule has 0 fully saturated rings. The minimum atomic E-state index is -2.95. The molecule has 0 aliphatic rings. The summed E-state index contributed by atoms with van der Waals surface area (Å²) in [5.41, 5.74) is 1.01. The highest BCUT2D eigenvalue weighted by Gasteiger charge is 2.17. The van der Waals surface area contributed by atoms with Gasteiger partial charge in [-0.25, -0.2) is 4.39 Å². The van der Waals surface area contributed by atoms with Crippen LogP contribution < -0.4 is 10.1 Å². The molecule has 2 rings (SSSR count). The van der Waals surface area contributed by atoms with E-state index in [4.69, 9.17) is 0 Å². The lowest BCUT2D eigenvalue weighted by Crippen LogP contribution is -2.27. The molecule has 0 aliphatic carbocycles. The Bertz CT molecular complexity index is 704. The zero-order valence-corrected chi connectivity index (χ0v) is 12.6. The number of nitrogens with one attached hydrogen (secondary N) is 1. The summed E-state index contributed by atoms with van der Waals surface area (Å²) in [6.07, 6.45) is 0. The largest absolute Gasteiger partial charge is 0.434 e. The molecule has 0 aromatic heterocycles. The molecule has 1 N–H and O–H groups in total. The normalized spacial score (nSPS) is 12.1. The van der Waals surface area contributed by atoms with Gasteiger partial charge in [0.1, 0.15) is 11.6 Å². The summed E-state index contributed by atoms with van der Waals surface area (Å²) in [6, 6.07) is 9.76. The molecule has 1 amide bonds. The molecular formula is C17H16F3NO2. The molecule has 23 heavy (non-hydrogen) atoms. The second kappa shape index (κ2) is 7.17. The number of rotatable bonds is 5. The fourth-order valence-electron chi connectivity index (χ4n) is 2.13. The van der Waals surface area contributed by atoms with Gasteiger partial charge in [0.2, 0.25) is 0 Å². The van der Waals surface area contributed by atoms with Crippen LogP contribution in [-0.4, -0.2) is 12.5 Å². The lowest BCUT2D eigenvalue weighted by Gasteiger charge is -2.18. The second-order valence-corrected chi connectivity index (χ2v) is 5.08. The smallest absolute Gasteiger partial charge is 0.387 e. The Morgan fingerprint density at radius 1 is 1.17 bits per heavy atom. The third-order valence-corrected chi connectivity index (χ3v) is 3.38. The number of alkyl halides is 2. The Balaban J connectivity index is 2.16. The molecule has 2 aromatic carbocycles. The fraction of sp³-hybridized carbons (Fsp3) is 0.235. The van der Waals surface area contributed by atoms with Gasteiger partial charge in [0.25, 0.3) is 5.91 Å². The van der Waals surface area contributed by atoms with E-state index >= 15 is 0 Å². The standard InChI is InChI=1S/C17H16F3NO2/c1-10-7-8-12(9-14(10)18)16(22)21-11(2)13-5-3-4-6-15(13)23-17(19)20/h3-9,11,17H,1-2H3,(H,21,22). The van der Waals surface area contributed by atoms with Crippen molar-refractivity contribution in [3.63, 3.8) is 0 Å². The highest BCUT2D eigenvalue weighted by molar-refractivity contribution is 5.94. The predicted molar refractivity (Wildman–Crippen MR) is 80.1 cm³/mol. The maximum absolute atomic E-state index is 13.5. The topological polar surface area (TPSA) is 38.3 Å². The average molecular weight is 323 g/mol. The first-order chi connectivity index (χ1) is 10.9. The zero-order valence-electron chi connectivity index (χ0n) is 12.6. The first-order valence-electron chi connectivity index (χ1n) is 6.99. The summed E-state index contributed by atoms with van der Waals surface area (Å²) in [6.45, 7) is 0.276. The maximum atomic E-state index is 13.5. The van der Waals surface area contributed by atoms with Crippen molar-refractivity contribution in [2.24, 2.45) is 0 Å². The quantitative estimate of drug-likeness (QED) is 0.894. The van der Waals surface area contributed by atoms with E-state index in [0.29, 0.717) is 11.1 Å². The van der Waals surface area contributed by atoms with Gasteiger partial charge in [-0.2, -0.15) is 8.78 Å². The van der Waals surface area contributed by atoms with Crippen molar-refractivity contribution < 1.29 is 22.7 Å². The molecule has 0 heterocycles. The van der Waals surface area contributed by atoms with Gasteiger partial charge in [0.15, 0.2) is 0 Å². The molecule has 2 aromatic rings. The van der Waals surface area contributed by atoms with Crippen molar-refractivity contribution in [1.82, 2.24) is 5.32 Å². The molecule has 0 spiro atoms. The van der Waals surface area contributed by atoms with Gasteiger partial charge in [-0.05, 0) is 37.6 Å². The van der Waals surface area contributed by atoms with Gasteiger partial charge >= 0.3 is 6.61 Å². The first kappa shape index (κ1) is 16.9. The monoisotopic (exact) mass is 323 g/mol. The number of halogens is 3. The van der Waals surface area contributed by atoms with E-state index < -0.39 is 24.4 Å². The van der Waals surface area contributed by atoms with Gasteiger partial charge in [0, 0.05) is 11.1 Å². The van der Waals surface area contributed by atoms with Crippen molar-refractivity contribution in [2.75, 3.05) is 0 Å². The minimum absolute atomic E-state index is 0.00890. The van der Waals surface area contributed by atoms with Crippen LogP contribution in [0.25, 0.3) is 0 Å². The molecule has 0 bridgehead atoms. The second-order valence-electron chi connectivity index (χ2n) is 5.08. The number of carbonyl (C=O) groups is 1. The van der Waals surface area contributed by atoms with Gasteiger partial charge < -0.3 is 10.1 Å². The molecule has 122 valence electrons. The summed E-state index contributed by atoms with van der Waals surface area (Å²) >= 11 is 0. The van der Waals surface area contributed by atoms with E-state index in [1.54, 1.807) is 32.0 Å². The Hall–Kier alpha value is -2.50. The van der Waals surface area contributed by atoms with Crippen LogP contribution in [0, 0.1) is 12.7 Å². The van der Waals surface area contributed by atoms with Gasteiger partial charge in [-0.3, -0.25) is 4.79 Å². The van der Waals surface area contributed by atoms with E-state index in [0.717, 1.165) is 6.07 Å². The van der Waals surface area contributed by atoms with E-state index in [1.807, 2.05) is 0 Å². The lowest BCUT2D eigenvalue weighted by atomic mass is 10.1. The van der Waals surface area contributed by atoms with Crippen LogP contribution in [0.1, 0.15) is 34.5 Å². The molecule has 6 heteroatoms. The van der Waals surface area contributed by atoms with Crippen molar-refractivity contribution in [3.05, 3.63) is 65.0 Å². The van der Waals surface area contributed by atoms with Crippen LogP contribution in [0.5, 0.6) is 5.75 Å². The van der Waals surface area contributed by atoms with Crippen molar-refractivity contribution >= 4 is 5.91 Å². The number of carbonyl (C=O) groups excluding carboxylic acids is 1. The van der Waals surface area contributed by atoms with E-state index in [1.165, 1.54) is 18.2 Å². The van der Waals surface area contributed by atoms with Crippen LogP contribution in [0.15, 0.2) is 42.5 Å². The third-order valence-electron chi connectivity index (χ3n) is 3.38. The summed E-state index contributed by atoms with van der Waals surface area (Å²) < 4.78 is 42.8. The van der Waals surface area contributed by atoms with E-state index in [-0.39, 0.29) is 11.3 Å². The number of hydrogen-bond acceptors (Lipinski definition) is 2. The van der Waals surface area contributed by atoms with Crippen molar-refractivity contribution in [3.8, 4) is 5.75 Å². The predicted octanol–water partition coefficient (Wildman–Crippen LogP) is 4.23. The Morgan fingerprint density at radius 3 is 2.52 bits per heavy atom. The summed E-state index contributed by atoms with van der Waals surface area (Å²) in [5.74, 6) is -0.986. The number of hydrogen-bond donors (Lipinski definition) is 1. The highest BCUT2D eigenvalue weighted by Crippen LogP contribution is 2.26. The van der Waals surface area contributed by atoms with Crippen LogP contribution in [0.2, 0.25) is 0 Å². The average Bonchev–Trinajstić information content (AvgIpc) is 2.49. The molecule has 1 atom stereocenters. The fourth-order valence-corrected chi connectivity index (χ4v) is 2.13. The number of benzene rings is 2. The van der Waals surface area contributed by atoms with Gasteiger partial charge in [-0.15, -0.1) is 0 Å². The maximum Gasteiger partial charge on any atom is 0.387 e. The summed E-state index contributed by atoms with van der Waals surface area (Å²) in [4.78, 5) is 12.2. The number of amides is 1. The van der Waals surface area contributed by atoms with Crippen LogP contribution in [-0.2, 0) is 0 Å². The van der Waals surface area contributed by atoms with Crippen molar-refractivity contribution in [2.45, 2.75) is 26.5 Å². The lowest BCUT2D eigenvalue weighted by molar-refractivity contribution is -0.0506. The number of ether oxygens (including phenoxy) is 1. The SMILES string of the molecule is Cc1ccc(C(=O)NC(C)c2ccccc2OC(F)F)cc1F. The Kier molecular flexibility index (Phi) is 5.26. The van der Waals surface area contributed by atoms with Gasteiger partial charge in [0.05, 0.1) is 6.04 Å². The Morgan fingerprint density at radius 2 is 1.87 bits per heavy atom. The summed E-state index contributed by atoms with van der Waals surface area (Å²) in [5, 5.41) is 2.64. The van der Waals surface area contributed by atoms with Crippen LogP contribution in [0.3, 0.4) is 0 Å². The molecule has 0 saturated heterocycles. The highest BCUT2D eigenvalue weighted by atomic mass is 19.3. The van der Waals surface area contributed by atoms with E-state index in [2.05, 4.69) is 10.1 Å².